The largest absolute Gasteiger partial charge is 0.494 e. The molecule has 0 spiro atoms. The Morgan fingerprint density at radius 3 is 2.56 bits per heavy atom. The van der Waals surface area contributed by atoms with Gasteiger partial charge in [0.05, 0.1) is 17.6 Å². The Morgan fingerprint density at radius 1 is 1.03 bits per heavy atom. The number of aryl methyl sites for hydroxylation is 2. The van der Waals surface area contributed by atoms with Gasteiger partial charge in [0.25, 0.3) is 5.91 Å². The monoisotopic (exact) mass is 447 g/mol. The van der Waals surface area contributed by atoms with E-state index in [1.165, 1.54) is 5.56 Å². The number of nitrogens with zero attached hydrogens (tertiary/aromatic N) is 2. The zero-order valence-electron chi connectivity index (χ0n) is 18.1. The van der Waals surface area contributed by atoms with Crippen molar-refractivity contribution in [2.24, 2.45) is 0 Å². The van der Waals surface area contributed by atoms with E-state index in [0.29, 0.717) is 30.2 Å². The first-order valence-corrected chi connectivity index (χ1v) is 11.2. The molecular weight excluding hydrogens is 422 g/mol. The van der Waals surface area contributed by atoms with Crippen LogP contribution in [0.3, 0.4) is 0 Å². The molecule has 4 aromatic rings. The number of imidazole rings is 1. The average Bonchev–Trinajstić information content (AvgIpc) is 3.15. The SMILES string of the molecule is Cc1ccc(OCCCn2c(CCNC(=O)c3ccc(Cl)cc3)nc3ccccc32)cc1. The first-order valence-electron chi connectivity index (χ1n) is 10.8. The standard InChI is InChI=1S/C26H26ClN3O2/c1-19-7-13-22(14-8-19)32-18-4-17-30-24-6-3-2-5-23(24)29-25(30)15-16-28-26(31)20-9-11-21(27)12-10-20/h2-3,5-14H,4,15-18H2,1H3,(H,28,31). The van der Waals surface area contributed by atoms with Crippen molar-refractivity contribution in [1.82, 2.24) is 14.9 Å². The molecule has 0 aliphatic carbocycles. The number of hydrogen-bond donors (Lipinski definition) is 1. The molecule has 1 aromatic heterocycles. The Kier molecular flexibility index (Phi) is 7.07. The number of amides is 1. The summed E-state index contributed by atoms with van der Waals surface area (Å²) in [5.41, 5.74) is 3.87. The summed E-state index contributed by atoms with van der Waals surface area (Å²) in [6.07, 6.45) is 1.51. The third-order valence-corrected chi connectivity index (χ3v) is 5.54. The van der Waals surface area contributed by atoms with Crippen molar-refractivity contribution >= 4 is 28.5 Å². The Morgan fingerprint density at radius 2 is 1.78 bits per heavy atom. The number of fused-ring (bicyclic) bond motifs is 1. The highest BCUT2D eigenvalue weighted by Crippen LogP contribution is 2.18. The Bertz CT molecular complexity index is 1180. The predicted octanol–water partition coefficient (Wildman–Crippen LogP) is 5.44. The van der Waals surface area contributed by atoms with E-state index >= 15 is 0 Å². The maximum Gasteiger partial charge on any atom is 0.251 e. The molecule has 164 valence electrons. The fraction of sp³-hybridized carbons (Fsp3) is 0.231. The number of carbonyl (C=O) groups is 1. The van der Waals surface area contributed by atoms with Crippen LogP contribution in [0.15, 0.2) is 72.8 Å². The van der Waals surface area contributed by atoms with Crippen molar-refractivity contribution in [2.45, 2.75) is 26.3 Å². The van der Waals surface area contributed by atoms with Gasteiger partial charge in [-0.05, 0) is 61.9 Å². The van der Waals surface area contributed by atoms with Gasteiger partial charge < -0.3 is 14.6 Å². The van der Waals surface area contributed by atoms with Crippen LogP contribution in [0.2, 0.25) is 5.02 Å². The number of carbonyl (C=O) groups excluding carboxylic acids is 1. The molecule has 0 saturated carbocycles. The van der Waals surface area contributed by atoms with Crippen LogP contribution in [0.1, 0.15) is 28.2 Å². The molecule has 0 atom stereocenters. The van der Waals surface area contributed by atoms with Crippen LogP contribution >= 0.6 is 11.6 Å². The highest BCUT2D eigenvalue weighted by molar-refractivity contribution is 6.30. The number of hydrogen-bond acceptors (Lipinski definition) is 3. The molecule has 6 heteroatoms. The van der Waals surface area contributed by atoms with Gasteiger partial charge in [0.2, 0.25) is 0 Å². The van der Waals surface area contributed by atoms with Gasteiger partial charge in [0.1, 0.15) is 11.6 Å². The normalized spacial score (nSPS) is 10.9. The fourth-order valence-corrected chi connectivity index (χ4v) is 3.73. The molecule has 1 N–H and O–H groups in total. The molecule has 0 fully saturated rings. The molecular formula is C26H26ClN3O2. The summed E-state index contributed by atoms with van der Waals surface area (Å²) in [7, 11) is 0. The second-order valence-corrected chi connectivity index (χ2v) is 8.13. The summed E-state index contributed by atoms with van der Waals surface area (Å²) in [5.74, 6) is 1.73. The zero-order valence-corrected chi connectivity index (χ0v) is 18.8. The first kappa shape index (κ1) is 21.9. The molecule has 0 bridgehead atoms. The predicted molar refractivity (Wildman–Crippen MR) is 129 cm³/mol. The van der Waals surface area contributed by atoms with Crippen molar-refractivity contribution in [3.05, 3.63) is 94.8 Å². The van der Waals surface area contributed by atoms with E-state index in [1.54, 1.807) is 24.3 Å². The van der Waals surface area contributed by atoms with E-state index in [-0.39, 0.29) is 5.91 Å². The number of aromatic nitrogens is 2. The van der Waals surface area contributed by atoms with Gasteiger partial charge in [-0.3, -0.25) is 4.79 Å². The summed E-state index contributed by atoms with van der Waals surface area (Å²) in [6, 6.07) is 23.1. The van der Waals surface area contributed by atoms with E-state index < -0.39 is 0 Å². The van der Waals surface area contributed by atoms with Crippen molar-refractivity contribution in [1.29, 1.82) is 0 Å². The molecule has 0 radical (unpaired) electrons. The highest BCUT2D eigenvalue weighted by Gasteiger charge is 2.11. The Hall–Kier alpha value is -3.31. The van der Waals surface area contributed by atoms with E-state index in [1.807, 2.05) is 30.3 Å². The minimum atomic E-state index is -0.115. The van der Waals surface area contributed by atoms with Gasteiger partial charge in [-0.2, -0.15) is 0 Å². The van der Waals surface area contributed by atoms with Crippen LogP contribution in [-0.2, 0) is 13.0 Å². The fourth-order valence-electron chi connectivity index (χ4n) is 3.60. The van der Waals surface area contributed by atoms with E-state index in [2.05, 4.69) is 35.0 Å². The van der Waals surface area contributed by atoms with Gasteiger partial charge in [-0.1, -0.05) is 41.4 Å². The van der Waals surface area contributed by atoms with Gasteiger partial charge in [-0.25, -0.2) is 4.98 Å². The van der Waals surface area contributed by atoms with Gasteiger partial charge in [0, 0.05) is 30.1 Å². The van der Waals surface area contributed by atoms with Gasteiger partial charge in [0.15, 0.2) is 0 Å². The van der Waals surface area contributed by atoms with Crippen LogP contribution in [-0.4, -0.2) is 28.6 Å². The minimum absolute atomic E-state index is 0.115. The number of nitrogens with one attached hydrogen (secondary N) is 1. The minimum Gasteiger partial charge on any atom is -0.494 e. The van der Waals surface area contributed by atoms with Crippen LogP contribution in [0, 0.1) is 6.92 Å². The number of ether oxygens (including phenoxy) is 1. The van der Waals surface area contributed by atoms with E-state index in [9.17, 15) is 4.79 Å². The molecule has 0 aliphatic heterocycles. The van der Waals surface area contributed by atoms with Crippen LogP contribution in [0.5, 0.6) is 5.75 Å². The molecule has 1 heterocycles. The molecule has 32 heavy (non-hydrogen) atoms. The van der Waals surface area contributed by atoms with Gasteiger partial charge >= 0.3 is 0 Å². The van der Waals surface area contributed by atoms with Crippen molar-refractivity contribution in [3.63, 3.8) is 0 Å². The van der Waals surface area contributed by atoms with Crippen LogP contribution in [0.4, 0.5) is 0 Å². The van der Waals surface area contributed by atoms with E-state index in [4.69, 9.17) is 21.3 Å². The summed E-state index contributed by atoms with van der Waals surface area (Å²) in [4.78, 5) is 17.2. The lowest BCUT2D eigenvalue weighted by molar-refractivity contribution is 0.0954. The lowest BCUT2D eigenvalue weighted by Gasteiger charge is -2.11. The Balaban J connectivity index is 1.36. The zero-order chi connectivity index (χ0) is 22.3. The van der Waals surface area contributed by atoms with Crippen molar-refractivity contribution < 1.29 is 9.53 Å². The topological polar surface area (TPSA) is 56.1 Å². The highest BCUT2D eigenvalue weighted by atomic mass is 35.5. The second kappa shape index (κ2) is 10.3. The summed E-state index contributed by atoms with van der Waals surface area (Å²) in [5, 5.41) is 3.58. The molecule has 0 aliphatic rings. The Labute approximate surface area is 193 Å². The quantitative estimate of drug-likeness (QED) is 0.347. The second-order valence-electron chi connectivity index (χ2n) is 7.70. The van der Waals surface area contributed by atoms with Gasteiger partial charge in [-0.15, -0.1) is 0 Å². The average molecular weight is 448 g/mol. The molecule has 1 amide bonds. The molecule has 3 aromatic carbocycles. The summed E-state index contributed by atoms with van der Waals surface area (Å²) in [6.45, 7) is 3.99. The lowest BCUT2D eigenvalue weighted by Crippen LogP contribution is -2.26. The maximum atomic E-state index is 12.4. The maximum absolute atomic E-state index is 12.4. The number of halogens is 1. The number of rotatable bonds is 9. The number of para-hydroxylation sites is 2. The number of benzene rings is 3. The summed E-state index contributed by atoms with van der Waals surface area (Å²) < 4.78 is 8.11. The molecule has 4 rings (SSSR count). The first-order chi connectivity index (χ1) is 15.6. The lowest BCUT2D eigenvalue weighted by atomic mass is 10.2. The van der Waals surface area contributed by atoms with Crippen molar-refractivity contribution in [2.75, 3.05) is 13.2 Å². The van der Waals surface area contributed by atoms with Crippen LogP contribution < -0.4 is 10.1 Å². The molecule has 0 saturated heterocycles. The molecule has 5 nitrogen and oxygen atoms in total. The molecule has 0 unspecified atom stereocenters. The third kappa shape index (κ3) is 5.48. The van der Waals surface area contributed by atoms with Crippen LogP contribution in [0.25, 0.3) is 11.0 Å². The van der Waals surface area contributed by atoms with Crippen molar-refractivity contribution in [3.8, 4) is 5.75 Å². The summed E-state index contributed by atoms with van der Waals surface area (Å²) >= 11 is 5.90. The smallest absolute Gasteiger partial charge is 0.251 e. The third-order valence-electron chi connectivity index (χ3n) is 5.29. The van der Waals surface area contributed by atoms with E-state index in [0.717, 1.165) is 35.6 Å².